The van der Waals surface area contributed by atoms with Crippen molar-refractivity contribution in [2.75, 3.05) is 19.1 Å². The van der Waals surface area contributed by atoms with Crippen molar-refractivity contribution in [1.82, 2.24) is 0 Å². The van der Waals surface area contributed by atoms with Crippen LogP contribution in [-0.4, -0.2) is 39.4 Å². The first-order valence-corrected chi connectivity index (χ1v) is 12.9. The average molecular weight is 563 g/mol. The third-order valence-corrected chi connectivity index (χ3v) is 7.22. The highest BCUT2D eigenvalue weighted by Gasteiger charge is 2.47. The van der Waals surface area contributed by atoms with Crippen LogP contribution in [0.1, 0.15) is 17.2 Å². The number of carbonyl (C=O) groups is 2. The third-order valence-electron chi connectivity index (χ3n) is 5.79. The first-order valence-electron chi connectivity index (χ1n) is 10.6. The lowest BCUT2D eigenvalue weighted by atomic mass is 9.94. The number of carbonyl (C=O) groups excluding carboxylic acids is 2. The molecule has 9 nitrogen and oxygen atoms in total. The van der Waals surface area contributed by atoms with E-state index in [1.807, 2.05) is 0 Å². The number of hydrogen-bond donors (Lipinski definition) is 2. The number of hydrogen-bond acceptors (Lipinski definition) is 7. The van der Waals surface area contributed by atoms with Crippen molar-refractivity contribution in [2.45, 2.75) is 10.9 Å². The van der Waals surface area contributed by atoms with Gasteiger partial charge in [-0.3, -0.25) is 14.5 Å². The molecule has 1 heterocycles. The number of ketones is 1. The van der Waals surface area contributed by atoms with Crippen molar-refractivity contribution >= 4 is 56.4 Å². The molecule has 0 saturated carbocycles. The fraction of sp³-hybridized carbons (Fsp3) is 0.120. The first-order chi connectivity index (χ1) is 17.5. The molecule has 3 aromatic rings. The van der Waals surface area contributed by atoms with Crippen LogP contribution in [0.4, 0.5) is 5.69 Å². The van der Waals surface area contributed by atoms with Gasteiger partial charge in [0.25, 0.3) is 11.7 Å². The van der Waals surface area contributed by atoms with E-state index in [1.54, 1.807) is 24.3 Å². The minimum atomic E-state index is -3.99. The number of primary sulfonamides is 1. The SMILES string of the molecule is COc1ccc(C2/C(=C(\O)c3cc(Cl)cc(Cl)c3OC)C(=O)C(=O)N2c2ccc(S(N)(=O)=O)cc2)cc1. The number of methoxy groups -OCH3 is 2. The molecular weight excluding hydrogens is 543 g/mol. The van der Waals surface area contributed by atoms with Gasteiger partial charge in [-0.1, -0.05) is 35.3 Å². The second-order valence-electron chi connectivity index (χ2n) is 7.95. The molecular formula is C25H20Cl2N2O7S. The summed E-state index contributed by atoms with van der Waals surface area (Å²) < 4.78 is 33.9. The van der Waals surface area contributed by atoms with Crippen molar-refractivity contribution in [3.63, 3.8) is 0 Å². The van der Waals surface area contributed by atoms with E-state index in [-0.39, 0.29) is 37.5 Å². The van der Waals surface area contributed by atoms with Crippen molar-refractivity contribution in [1.29, 1.82) is 0 Å². The summed E-state index contributed by atoms with van der Waals surface area (Å²) in [5, 5.41) is 16.8. The number of sulfonamides is 1. The summed E-state index contributed by atoms with van der Waals surface area (Å²) in [6.45, 7) is 0. The molecule has 0 aromatic heterocycles. The second-order valence-corrected chi connectivity index (χ2v) is 10.4. The number of Topliss-reactive ketones (excluding diaryl/α,β-unsaturated/α-hetero) is 1. The number of rotatable bonds is 6. The molecule has 0 bridgehead atoms. The lowest BCUT2D eigenvalue weighted by molar-refractivity contribution is -0.132. The molecule has 1 fully saturated rings. The van der Waals surface area contributed by atoms with Crippen LogP contribution in [0.15, 0.2) is 71.1 Å². The number of nitrogens with two attached hydrogens (primary N) is 1. The number of anilines is 1. The number of ether oxygens (including phenoxy) is 2. The van der Waals surface area contributed by atoms with E-state index in [0.29, 0.717) is 11.3 Å². The zero-order valence-electron chi connectivity index (χ0n) is 19.4. The van der Waals surface area contributed by atoms with Gasteiger partial charge in [-0.2, -0.15) is 0 Å². The van der Waals surface area contributed by atoms with Crippen molar-refractivity contribution in [3.05, 3.63) is 87.4 Å². The Morgan fingerprint density at radius 1 is 0.973 bits per heavy atom. The molecule has 0 radical (unpaired) electrons. The van der Waals surface area contributed by atoms with Gasteiger partial charge < -0.3 is 14.6 Å². The monoisotopic (exact) mass is 562 g/mol. The molecule has 0 aliphatic carbocycles. The Morgan fingerprint density at radius 3 is 2.14 bits per heavy atom. The Morgan fingerprint density at radius 2 is 1.59 bits per heavy atom. The summed E-state index contributed by atoms with van der Waals surface area (Å²) in [4.78, 5) is 27.6. The topological polar surface area (TPSA) is 136 Å². The number of nitrogens with zero attached hydrogens (tertiary/aromatic N) is 1. The summed E-state index contributed by atoms with van der Waals surface area (Å²) >= 11 is 12.4. The maximum absolute atomic E-state index is 13.3. The number of aliphatic hydroxyl groups is 1. The van der Waals surface area contributed by atoms with Crippen LogP contribution >= 0.6 is 23.2 Å². The smallest absolute Gasteiger partial charge is 0.300 e. The summed E-state index contributed by atoms with van der Waals surface area (Å²) in [6.07, 6.45) is 0. The minimum absolute atomic E-state index is 0.0149. The fourth-order valence-corrected chi connectivity index (χ4v) is 5.17. The van der Waals surface area contributed by atoms with E-state index in [1.165, 1.54) is 50.6 Å². The van der Waals surface area contributed by atoms with Gasteiger partial charge in [0.1, 0.15) is 17.3 Å². The molecule has 192 valence electrons. The zero-order valence-corrected chi connectivity index (χ0v) is 21.8. The standard InChI is InChI=1S/C25H20Cl2N2O7S/c1-35-16-7-3-13(4-8-16)21-20(22(30)18-11-14(26)12-19(27)24(18)36-2)23(31)25(32)29(21)15-5-9-17(10-6-15)37(28,33)34/h3-12,21,30H,1-2H3,(H2,28,33,34)/b22-20+. The van der Waals surface area contributed by atoms with Crippen LogP contribution in [0.3, 0.4) is 0 Å². The Bertz CT molecular complexity index is 1540. The molecule has 4 rings (SSSR count). The number of aliphatic hydroxyl groups excluding tert-OH is 1. The molecule has 1 aliphatic heterocycles. The van der Waals surface area contributed by atoms with E-state index >= 15 is 0 Å². The van der Waals surface area contributed by atoms with Crippen molar-refractivity contribution in [2.24, 2.45) is 5.14 Å². The highest BCUT2D eigenvalue weighted by Crippen LogP contribution is 2.45. The van der Waals surface area contributed by atoms with Crippen LogP contribution in [0.2, 0.25) is 10.0 Å². The fourth-order valence-electron chi connectivity index (χ4n) is 4.09. The first kappa shape index (κ1) is 26.5. The number of halogens is 2. The summed E-state index contributed by atoms with van der Waals surface area (Å²) in [5.74, 6) is -1.89. The molecule has 1 unspecified atom stereocenters. The normalized spacial score (nSPS) is 17.2. The van der Waals surface area contributed by atoms with Crippen LogP contribution in [0, 0.1) is 0 Å². The zero-order chi connectivity index (χ0) is 27.1. The molecule has 3 aromatic carbocycles. The Balaban J connectivity index is 1.97. The molecule has 12 heteroatoms. The summed E-state index contributed by atoms with van der Waals surface area (Å²) in [5.41, 5.74) is 0.429. The number of benzene rings is 3. The third kappa shape index (κ3) is 4.88. The molecule has 1 amide bonds. The molecule has 1 saturated heterocycles. The molecule has 1 atom stereocenters. The molecule has 37 heavy (non-hydrogen) atoms. The van der Waals surface area contributed by atoms with Crippen LogP contribution in [0.5, 0.6) is 11.5 Å². The van der Waals surface area contributed by atoms with Crippen molar-refractivity contribution < 1.29 is 32.6 Å². The van der Waals surface area contributed by atoms with Gasteiger partial charge in [-0.15, -0.1) is 0 Å². The Kier molecular flexibility index (Phi) is 7.20. The Labute approximate surface area is 222 Å². The van der Waals surface area contributed by atoms with E-state index in [4.69, 9.17) is 37.8 Å². The largest absolute Gasteiger partial charge is 0.507 e. The molecule has 3 N–H and O–H groups in total. The lowest BCUT2D eigenvalue weighted by Gasteiger charge is -2.26. The lowest BCUT2D eigenvalue weighted by Crippen LogP contribution is -2.29. The maximum atomic E-state index is 13.3. The second kappa shape index (κ2) is 10.1. The van der Waals surface area contributed by atoms with Gasteiger partial charge >= 0.3 is 0 Å². The highest BCUT2D eigenvalue weighted by atomic mass is 35.5. The predicted molar refractivity (Wildman–Crippen MR) is 139 cm³/mol. The van der Waals surface area contributed by atoms with E-state index in [0.717, 1.165) is 4.90 Å². The van der Waals surface area contributed by atoms with Gasteiger partial charge in [-0.05, 0) is 54.1 Å². The highest BCUT2D eigenvalue weighted by molar-refractivity contribution is 7.89. The quantitative estimate of drug-likeness (QED) is 0.260. The van der Waals surface area contributed by atoms with E-state index < -0.39 is 33.5 Å². The Hall–Kier alpha value is -3.57. The van der Waals surface area contributed by atoms with Crippen LogP contribution in [-0.2, 0) is 19.6 Å². The number of amides is 1. The average Bonchev–Trinajstić information content (AvgIpc) is 3.13. The van der Waals surface area contributed by atoms with Gasteiger partial charge in [-0.25, -0.2) is 13.6 Å². The summed E-state index contributed by atoms with van der Waals surface area (Å²) in [7, 11) is -1.17. The van der Waals surface area contributed by atoms with Crippen LogP contribution in [0.25, 0.3) is 5.76 Å². The maximum Gasteiger partial charge on any atom is 0.300 e. The van der Waals surface area contributed by atoms with Gasteiger partial charge in [0.2, 0.25) is 10.0 Å². The molecule has 1 aliphatic rings. The van der Waals surface area contributed by atoms with Crippen molar-refractivity contribution in [3.8, 4) is 11.5 Å². The van der Waals surface area contributed by atoms with Gasteiger partial charge in [0, 0.05) is 10.7 Å². The van der Waals surface area contributed by atoms with Gasteiger partial charge in [0.15, 0.2) is 0 Å². The van der Waals surface area contributed by atoms with E-state index in [2.05, 4.69) is 0 Å². The van der Waals surface area contributed by atoms with Gasteiger partial charge in [0.05, 0.1) is 41.3 Å². The predicted octanol–water partition coefficient (Wildman–Crippen LogP) is 4.28. The van der Waals surface area contributed by atoms with Crippen LogP contribution < -0.4 is 19.5 Å². The van der Waals surface area contributed by atoms with E-state index in [9.17, 15) is 23.1 Å². The molecule has 0 spiro atoms. The minimum Gasteiger partial charge on any atom is -0.507 e. The summed E-state index contributed by atoms with van der Waals surface area (Å²) in [6, 6.07) is 13.3.